The van der Waals surface area contributed by atoms with Gasteiger partial charge >= 0.3 is 0 Å². The number of amides is 2. The van der Waals surface area contributed by atoms with Gasteiger partial charge in [0.25, 0.3) is 0 Å². The molecule has 0 aromatic carbocycles. The minimum Gasteiger partial charge on any atom is -0.299 e. The van der Waals surface area contributed by atoms with Gasteiger partial charge in [0.15, 0.2) is 0 Å². The van der Waals surface area contributed by atoms with Crippen LogP contribution in [-0.2, 0) is 14.4 Å². The van der Waals surface area contributed by atoms with Crippen LogP contribution in [0.2, 0.25) is 0 Å². The number of hydrogen-bond acceptors (Lipinski definition) is 3. The van der Waals surface area contributed by atoms with E-state index in [-0.39, 0.29) is 28.9 Å². The summed E-state index contributed by atoms with van der Waals surface area (Å²) in [5.41, 5.74) is -0.638. The Balaban J connectivity index is 2.36. The molecular formula is C16H25NO3. The van der Waals surface area contributed by atoms with Crippen molar-refractivity contribution in [1.82, 2.24) is 4.90 Å². The van der Waals surface area contributed by atoms with Crippen molar-refractivity contribution in [2.24, 2.45) is 17.3 Å². The maximum absolute atomic E-state index is 12.8. The van der Waals surface area contributed by atoms with Crippen molar-refractivity contribution in [3.05, 3.63) is 0 Å². The first-order valence-electron chi connectivity index (χ1n) is 7.63. The summed E-state index contributed by atoms with van der Waals surface area (Å²) >= 11 is 0. The third-order valence-corrected chi connectivity index (χ3v) is 5.85. The summed E-state index contributed by atoms with van der Waals surface area (Å²) in [6.07, 6.45) is 2.51. The average Bonchev–Trinajstić information content (AvgIpc) is 2.69. The molecule has 112 valence electrons. The van der Waals surface area contributed by atoms with Crippen molar-refractivity contribution in [1.29, 1.82) is 0 Å². The predicted molar refractivity (Wildman–Crippen MR) is 75.8 cm³/mol. The van der Waals surface area contributed by atoms with Crippen LogP contribution in [0.15, 0.2) is 0 Å². The summed E-state index contributed by atoms with van der Waals surface area (Å²) in [7, 11) is 0. The first kappa shape index (κ1) is 15.2. The van der Waals surface area contributed by atoms with Gasteiger partial charge in [0, 0.05) is 12.3 Å². The molecule has 4 nitrogen and oxygen atoms in total. The number of ketones is 1. The zero-order valence-electron chi connectivity index (χ0n) is 13.2. The Labute approximate surface area is 120 Å². The number of carbonyl (C=O) groups excluding carboxylic acids is 3. The topological polar surface area (TPSA) is 54.5 Å². The molecule has 0 radical (unpaired) electrons. The number of hydrogen-bond donors (Lipinski definition) is 0. The van der Waals surface area contributed by atoms with Gasteiger partial charge in [-0.1, -0.05) is 27.7 Å². The normalized spacial score (nSPS) is 32.5. The Hall–Kier alpha value is -1.19. The Morgan fingerprint density at radius 3 is 2.30 bits per heavy atom. The van der Waals surface area contributed by atoms with Crippen LogP contribution in [0.4, 0.5) is 0 Å². The van der Waals surface area contributed by atoms with Gasteiger partial charge in [-0.25, -0.2) is 0 Å². The summed E-state index contributed by atoms with van der Waals surface area (Å²) in [5, 5.41) is 0. The number of Topliss-reactive ketones (excluding diaryl/α,β-unsaturated/α-hetero) is 1. The van der Waals surface area contributed by atoms with Gasteiger partial charge in [0.05, 0.1) is 11.5 Å². The Bertz CT molecular complexity index is 468. The van der Waals surface area contributed by atoms with E-state index in [1.54, 1.807) is 6.92 Å². The SMILES string of the molecule is CCC(=O)[C@H](CC)C(=O)N1C(=O)[C@H]2CC[C@]1(C)C2(C)C. The number of likely N-dealkylation sites (tertiary alicyclic amines) is 1. The first-order valence-corrected chi connectivity index (χ1v) is 7.63. The molecule has 1 heterocycles. The highest BCUT2D eigenvalue weighted by atomic mass is 16.2. The third-order valence-electron chi connectivity index (χ3n) is 5.85. The molecule has 3 atom stereocenters. The maximum atomic E-state index is 12.8. The molecule has 0 aromatic heterocycles. The lowest BCUT2D eigenvalue weighted by Crippen LogP contribution is -2.55. The Morgan fingerprint density at radius 2 is 1.90 bits per heavy atom. The van der Waals surface area contributed by atoms with Crippen LogP contribution in [0, 0.1) is 17.3 Å². The monoisotopic (exact) mass is 279 g/mol. The van der Waals surface area contributed by atoms with E-state index in [0.29, 0.717) is 12.8 Å². The highest BCUT2D eigenvalue weighted by Gasteiger charge is 2.67. The minimum absolute atomic E-state index is 0.0607. The third kappa shape index (κ3) is 1.69. The Morgan fingerprint density at radius 1 is 1.30 bits per heavy atom. The number of nitrogens with zero attached hydrogens (tertiary/aromatic N) is 1. The quantitative estimate of drug-likeness (QED) is 0.743. The number of piperidine rings is 1. The van der Waals surface area contributed by atoms with E-state index in [2.05, 4.69) is 13.8 Å². The summed E-state index contributed by atoms with van der Waals surface area (Å²) in [4.78, 5) is 38.7. The summed E-state index contributed by atoms with van der Waals surface area (Å²) in [6.45, 7) is 9.74. The van der Waals surface area contributed by atoms with Gasteiger partial charge in [0.2, 0.25) is 11.8 Å². The molecule has 2 bridgehead atoms. The first-order chi connectivity index (χ1) is 9.22. The second-order valence-electron chi connectivity index (χ2n) is 6.88. The molecule has 2 fully saturated rings. The molecule has 20 heavy (non-hydrogen) atoms. The summed E-state index contributed by atoms with van der Waals surface area (Å²) < 4.78 is 0. The highest BCUT2D eigenvalue weighted by Crippen LogP contribution is 2.59. The number of imide groups is 1. The smallest absolute Gasteiger partial charge is 0.240 e. The van der Waals surface area contributed by atoms with Gasteiger partial charge in [-0.2, -0.15) is 0 Å². The largest absolute Gasteiger partial charge is 0.299 e. The number of carbonyl (C=O) groups is 3. The van der Waals surface area contributed by atoms with Crippen molar-refractivity contribution < 1.29 is 14.4 Å². The average molecular weight is 279 g/mol. The molecule has 0 spiro atoms. The molecule has 2 aliphatic rings. The number of rotatable bonds is 4. The van der Waals surface area contributed by atoms with Gasteiger partial charge in [-0.05, 0) is 31.6 Å². The van der Waals surface area contributed by atoms with E-state index in [1.165, 1.54) is 4.90 Å². The van der Waals surface area contributed by atoms with Crippen LogP contribution in [0.5, 0.6) is 0 Å². The van der Waals surface area contributed by atoms with Gasteiger partial charge in [-0.15, -0.1) is 0 Å². The van der Waals surface area contributed by atoms with Crippen LogP contribution < -0.4 is 0 Å². The summed E-state index contributed by atoms with van der Waals surface area (Å²) in [5.74, 6) is -1.14. The van der Waals surface area contributed by atoms with E-state index >= 15 is 0 Å². The second-order valence-corrected chi connectivity index (χ2v) is 6.88. The molecule has 1 aliphatic heterocycles. The zero-order valence-corrected chi connectivity index (χ0v) is 13.2. The van der Waals surface area contributed by atoms with Crippen LogP contribution in [-0.4, -0.2) is 28.0 Å². The second kappa shape index (κ2) is 4.68. The van der Waals surface area contributed by atoms with Crippen molar-refractivity contribution in [3.8, 4) is 0 Å². The highest BCUT2D eigenvalue weighted by molar-refractivity contribution is 6.09. The molecule has 0 aromatic rings. The fourth-order valence-corrected chi connectivity index (χ4v) is 4.01. The molecule has 2 amide bonds. The fourth-order valence-electron chi connectivity index (χ4n) is 4.01. The Kier molecular flexibility index (Phi) is 3.55. The predicted octanol–water partition coefficient (Wildman–Crippen LogP) is 2.56. The lowest BCUT2D eigenvalue weighted by molar-refractivity contribution is -0.155. The minimum atomic E-state index is -0.657. The van der Waals surface area contributed by atoms with Crippen LogP contribution in [0.3, 0.4) is 0 Å². The molecule has 0 unspecified atom stereocenters. The van der Waals surface area contributed by atoms with Gasteiger partial charge in [0.1, 0.15) is 5.78 Å². The van der Waals surface area contributed by atoms with E-state index in [4.69, 9.17) is 0 Å². The standard InChI is InChI=1S/C16H25NO3/c1-6-10(12(18)7-2)13(19)17-14(20)11-8-9-16(17,5)15(11,3)4/h10-11H,6-9H2,1-5H3/t10-,11+,16+/m0/s1. The molecule has 0 N–H and O–H groups in total. The van der Waals surface area contributed by atoms with Crippen molar-refractivity contribution in [2.75, 3.05) is 0 Å². The van der Waals surface area contributed by atoms with Crippen LogP contribution in [0.1, 0.15) is 60.3 Å². The van der Waals surface area contributed by atoms with Crippen LogP contribution >= 0.6 is 0 Å². The molecular weight excluding hydrogens is 254 g/mol. The van der Waals surface area contributed by atoms with Gasteiger partial charge in [-0.3, -0.25) is 19.3 Å². The van der Waals surface area contributed by atoms with Crippen molar-refractivity contribution in [2.45, 2.75) is 65.8 Å². The maximum Gasteiger partial charge on any atom is 0.240 e. The van der Waals surface area contributed by atoms with Crippen molar-refractivity contribution in [3.63, 3.8) is 0 Å². The lowest BCUT2D eigenvalue weighted by Gasteiger charge is -2.41. The van der Waals surface area contributed by atoms with Crippen molar-refractivity contribution >= 4 is 17.6 Å². The van der Waals surface area contributed by atoms with E-state index in [9.17, 15) is 14.4 Å². The molecule has 1 saturated carbocycles. The summed E-state index contributed by atoms with van der Waals surface area (Å²) in [6, 6.07) is 0. The van der Waals surface area contributed by atoms with Gasteiger partial charge < -0.3 is 0 Å². The zero-order chi connectivity index (χ0) is 15.3. The number of fused-ring (bicyclic) bond motifs is 2. The fraction of sp³-hybridized carbons (Fsp3) is 0.812. The van der Waals surface area contributed by atoms with E-state index in [0.717, 1.165) is 12.8 Å². The van der Waals surface area contributed by atoms with E-state index < -0.39 is 11.5 Å². The van der Waals surface area contributed by atoms with Crippen LogP contribution in [0.25, 0.3) is 0 Å². The molecule has 2 rings (SSSR count). The molecule has 4 heteroatoms. The lowest BCUT2D eigenvalue weighted by atomic mass is 9.74. The molecule has 1 aliphatic carbocycles. The van der Waals surface area contributed by atoms with E-state index in [1.807, 2.05) is 13.8 Å². The molecule has 1 saturated heterocycles.